The van der Waals surface area contributed by atoms with Gasteiger partial charge in [-0.15, -0.1) is 5.10 Å². The van der Waals surface area contributed by atoms with Crippen LogP contribution in [0.5, 0.6) is 0 Å². The van der Waals surface area contributed by atoms with Crippen molar-refractivity contribution in [2.75, 3.05) is 13.1 Å². The molecule has 0 saturated carbocycles. The van der Waals surface area contributed by atoms with Crippen LogP contribution in [0.25, 0.3) is 0 Å². The molecule has 2 heterocycles. The van der Waals surface area contributed by atoms with Gasteiger partial charge >= 0.3 is 0 Å². The Morgan fingerprint density at radius 1 is 0.941 bits per heavy atom. The van der Waals surface area contributed by atoms with Crippen molar-refractivity contribution in [3.8, 4) is 0 Å². The molecular weight excluding hydrogens is 212 g/mol. The molecule has 3 rings (SSSR count). The zero-order chi connectivity index (χ0) is 11.5. The number of aryl methyl sites for hydroxylation is 2. The molecule has 2 aliphatic rings. The Hall–Kier alpha value is -1.03. The predicted octanol–water partition coefficient (Wildman–Crippen LogP) is 1.61. The number of fused-ring (bicyclic) bond motifs is 1. The van der Waals surface area contributed by atoms with E-state index in [0.717, 1.165) is 37.4 Å². The van der Waals surface area contributed by atoms with E-state index in [4.69, 9.17) is 4.98 Å². The molecule has 0 bridgehead atoms. The highest BCUT2D eigenvalue weighted by molar-refractivity contribution is 5.14. The first-order chi connectivity index (χ1) is 8.43. The maximum absolute atomic E-state index is 4.78. The van der Waals surface area contributed by atoms with Gasteiger partial charge in [0.15, 0.2) is 5.82 Å². The van der Waals surface area contributed by atoms with Gasteiger partial charge < -0.3 is 5.32 Å². The smallest absolute Gasteiger partial charge is 0.155 e. The maximum atomic E-state index is 4.78. The van der Waals surface area contributed by atoms with Crippen LogP contribution in [0.4, 0.5) is 0 Å². The first kappa shape index (κ1) is 11.1. The van der Waals surface area contributed by atoms with Crippen molar-refractivity contribution in [1.82, 2.24) is 20.5 Å². The van der Waals surface area contributed by atoms with E-state index < -0.39 is 0 Å². The first-order valence-electron chi connectivity index (χ1n) is 6.86. The van der Waals surface area contributed by atoms with Crippen LogP contribution < -0.4 is 5.32 Å². The van der Waals surface area contributed by atoms with Crippen molar-refractivity contribution in [2.45, 2.75) is 50.9 Å². The van der Waals surface area contributed by atoms with Gasteiger partial charge in [0.1, 0.15) is 0 Å². The molecule has 1 aliphatic heterocycles. The summed E-state index contributed by atoms with van der Waals surface area (Å²) in [4.78, 5) is 4.78. The fourth-order valence-electron chi connectivity index (χ4n) is 2.80. The highest BCUT2D eigenvalue weighted by atomic mass is 15.2. The summed E-state index contributed by atoms with van der Waals surface area (Å²) in [6.45, 7) is 2.15. The third kappa shape index (κ3) is 2.46. The van der Waals surface area contributed by atoms with Crippen LogP contribution in [0.1, 0.15) is 55.2 Å². The Morgan fingerprint density at radius 3 is 2.65 bits per heavy atom. The van der Waals surface area contributed by atoms with Gasteiger partial charge in [-0.05, 0) is 45.1 Å². The molecule has 1 N–H and O–H groups in total. The van der Waals surface area contributed by atoms with Crippen molar-refractivity contribution in [3.63, 3.8) is 0 Å². The molecule has 1 aliphatic carbocycles. The summed E-state index contributed by atoms with van der Waals surface area (Å²) in [5.41, 5.74) is 2.37. The molecule has 17 heavy (non-hydrogen) atoms. The second-order valence-corrected chi connectivity index (χ2v) is 5.17. The topological polar surface area (TPSA) is 50.7 Å². The molecule has 1 fully saturated rings. The third-order valence-corrected chi connectivity index (χ3v) is 3.84. The Kier molecular flexibility index (Phi) is 3.31. The van der Waals surface area contributed by atoms with Crippen LogP contribution in [0.2, 0.25) is 0 Å². The molecule has 4 nitrogen and oxygen atoms in total. The number of nitrogens with zero attached hydrogens (tertiary/aromatic N) is 3. The van der Waals surface area contributed by atoms with Gasteiger partial charge in [-0.25, -0.2) is 4.98 Å². The zero-order valence-corrected chi connectivity index (χ0v) is 10.3. The summed E-state index contributed by atoms with van der Waals surface area (Å²) in [7, 11) is 0. The Labute approximate surface area is 102 Å². The zero-order valence-electron chi connectivity index (χ0n) is 10.3. The van der Waals surface area contributed by atoms with Crippen LogP contribution in [-0.2, 0) is 12.8 Å². The molecule has 4 heteroatoms. The molecule has 0 radical (unpaired) electrons. The molecule has 0 aromatic carbocycles. The molecule has 1 aromatic rings. The standard InChI is InChI=1S/C13H20N4/c1-2-6-11-12(7-3-1)16-17-13(15-11)10-5-4-8-14-9-10/h10,14H,1-9H2. The average molecular weight is 232 g/mol. The average Bonchev–Trinajstić information content (AvgIpc) is 2.64. The van der Waals surface area contributed by atoms with Gasteiger partial charge in [0, 0.05) is 12.5 Å². The second-order valence-electron chi connectivity index (χ2n) is 5.17. The molecule has 1 saturated heterocycles. The number of hydrogen-bond acceptors (Lipinski definition) is 4. The van der Waals surface area contributed by atoms with Crippen molar-refractivity contribution in [2.24, 2.45) is 0 Å². The van der Waals surface area contributed by atoms with Crippen molar-refractivity contribution in [1.29, 1.82) is 0 Å². The lowest BCUT2D eigenvalue weighted by molar-refractivity contribution is 0.440. The summed E-state index contributed by atoms with van der Waals surface area (Å²) in [5.74, 6) is 1.45. The highest BCUT2D eigenvalue weighted by Crippen LogP contribution is 2.22. The molecule has 0 amide bonds. The Bertz CT molecular complexity index is 385. The van der Waals surface area contributed by atoms with E-state index >= 15 is 0 Å². The quantitative estimate of drug-likeness (QED) is 0.747. The molecule has 92 valence electrons. The largest absolute Gasteiger partial charge is 0.316 e. The van der Waals surface area contributed by atoms with Gasteiger partial charge in [-0.2, -0.15) is 5.10 Å². The summed E-state index contributed by atoms with van der Waals surface area (Å²) >= 11 is 0. The van der Waals surface area contributed by atoms with Gasteiger partial charge in [0.25, 0.3) is 0 Å². The lowest BCUT2D eigenvalue weighted by Crippen LogP contribution is -2.30. The van der Waals surface area contributed by atoms with E-state index in [2.05, 4.69) is 15.5 Å². The van der Waals surface area contributed by atoms with Crippen LogP contribution >= 0.6 is 0 Å². The minimum absolute atomic E-state index is 0.477. The highest BCUT2D eigenvalue weighted by Gasteiger charge is 2.20. The lowest BCUT2D eigenvalue weighted by Gasteiger charge is -2.21. The normalized spacial score (nSPS) is 25.1. The molecule has 1 aromatic heterocycles. The van der Waals surface area contributed by atoms with Gasteiger partial charge in [-0.1, -0.05) is 6.42 Å². The summed E-state index contributed by atoms with van der Waals surface area (Å²) in [5, 5.41) is 12.2. The number of piperidine rings is 1. The summed E-state index contributed by atoms with van der Waals surface area (Å²) in [6.07, 6.45) is 8.40. The van der Waals surface area contributed by atoms with Crippen LogP contribution in [-0.4, -0.2) is 28.3 Å². The number of aromatic nitrogens is 3. The van der Waals surface area contributed by atoms with Crippen LogP contribution in [0.15, 0.2) is 0 Å². The molecule has 1 atom stereocenters. The monoisotopic (exact) mass is 232 g/mol. The maximum Gasteiger partial charge on any atom is 0.155 e. The molecule has 0 spiro atoms. The lowest BCUT2D eigenvalue weighted by atomic mass is 9.99. The van der Waals surface area contributed by atoms with E-state index in [1.165, 1.54) is 37.8 Å². The van der Waals surface area contributed by atoms with Gasteiger partial charge in [0.2, 0.25) is 0 Å². The number of rotatable bonds is 1. The van der Waals surface area contributed by atoms with Crippen molar-refractivity contribution < 1.29 is 0 Å². The van der Waals surface area contributed by atoms with E-state index in [1.54, 1.807) is 0 Å². The number of nitrogens with one attached hydrogen (secondary N) is 1. The first-order valence-corrected chi connectivity index (χ1v) is 6.86. The summed E-state index contributed by atoms with van der Waals surface area (Å²) < 4.78 is 0. The Morgan fingerprint density at radius 2 is 1.82 bits per heavy atom. The van der Waals surface area contributed by atoms with E-state index in [-0.39, 0.29) is 0 Å². The van der Waals surface area contributed by atoms with Crippen molar-refractivity contribution in [3.05, 3.63) is 17.2 Å². The third-order valence-electron chi connectivity index (χ3n) is 3.84. The van der Waals surface area contributed by atoms with Crippen LogP contribution in [0, 0.1) is 0 Å². The fourth-order valence-corrected chi connectivity index (χ4v) is 2.80. The molecular formula is C13H20N4. The van der Waals surface area contributed by atoms with Gasteiger partial charge in [-0.3, -0.25) is 0 Å². The number of hydrogen-bond donors (Lipinski definition) is 1. The SMILES string of the molecule is C1CCc2nnc(C3CCCNC3)nc2CC1. The minimum atomic E-state index is 0.477. The van der Waals surface area contributed by atoms with Crippen LogP contribution in [0.3, 0.4) is 0 Å². The molecule has 1 unspecified atom stereocenters. The van der Waals surface area contributed by atoms with E-state index in [9.17, 15) is 0 Å². The van der Waals surface area contributed by atoms with E-state index in [1.807, 2.05) is 0 Å². The minimum Gasteiger partial charge on any atom is -0.316 e. The van der Waals surface area contributed by atoms with Gasteiger partial charge in [0.05, 0.1) is 11.4 Å². The predicted molar refractivity (Wildman–Crippen MR) is 65.9 cm³/mol. The van der Waals surface area contributed by atoms with E-state index in [0.29, 0.717) is 5.92 Å². The van der Waals surface area contributed by atoms with Crippen molar-refractivity contribution >= 4 is 0 Å². The Balaban J connectivity index is 1.83. The fraction of sp³-hybridized carbons (Fsp3) is 0.769. The summed E-state index contributed by atoms with van der Waals surface area (Å²) in [6, 6.07) is 0. The second kappa shape index (κ2) is 5.08.